The largest absolute Gasteiger partial charge is 0.507 e. The Hall–Kier alpha value is -3.01. The topological polar surface area (TPSA) is 62.5 Å². The molecule has 4 heteroatoms. The smallest absolute Gasteiger partial charge is 0.266 e. The molecule has 1 unspecified atom stereocenters. The fraction of sp³-hybridized carbons (Fsp3) is 0.370. The molecule has 2 N–H and O–H groups in total. The van der Waals surface area contributed by atoms with Gasteiger partial charge in [0.05, 0.1) is 11.1 Å². The molecule has 0 amide bonds. The number of phenolic OH excluding ortho intramolecular Hbond substituents is 2. The summed E-state index contributed by atoms with van der Waals surface area (Å²) >= 11 is 0. The van der Waals surface area contributed by atoms with Crippen molar-refractivity contribution in [3.05, 3.63) is 70.9 Å². The zero-order chi connectivity index (χ0) is 22.0. The van der Waals surface area contributed by atoms with Crippen LogP contribution in [-0.2, 0) is 6.42 Å². The van der Waals surface area contributed by atoms with Crippen molar-refractivity contribution in [3.63, 3.8) is 0 Å². The predicted molar refractivity (Wildman–Crippen MR) is 125 cm³/mol. The van der Waals surface area contributed by atoms with Gasteiger partial charge in [-0.05, 0) is 62.8 Å². The summed E-state index contributed by atoms with van der Waals surface area (Å²) in [6.07, 6.45) is 10.4. The van der Waals surface area contributed by atoms with Crippen LogP contribution in [-0.4, -0.2) is 20.7 Å². The molecule has 1 aromatic heterocycles. The van der Waals surface area contributed by atoms with Crippen molar-refractivity contribution in [2.45, 2.75) is 64.7 Å². The first kappa shape index (κ1) is 21.2. The molecule has 1 aliphatic rings. The lowest BCUT2D eigenvalue weighted by Crippen LogP contribution is -2.15. The number of carbonyl (C=O) groups is 1. The molecule has 1 atom stereocenters. The summed E-state index contributed by atoms with van der Waals surface area (Å²) in [4.78, 5) is 13.7. The lowest BCUT2D eigenvalue weighted by Gasteiger charge is -2.24. The Morgan fingerprint density at radius 3 is 2.74 bits per heavy atom. The molecule has 0 bridgehead atoms. The van der Waals surface area contributed by atoms with Crippen LogP contribution >= 0.6 is 0 Å². The molecule has 4 nitrogen and oxygen atoms in total. The van der Waals surface area contributed by atoms with E-state index in [1.165, 1.54) is 5.57 Å². The summed E-state index contributed by atoms with van der Waals surface area (Å²) in [5.74, 6) is -0.298. The summed E-state index contributed by atoms with van der Waals surface area (Å²) < 4.78 is 1.61. The first-order chi connectivity index (χ1) is 15.0. The van der Waals surface area contributed by atoms with Crippen molar-refractivity contribution in [2.75, 3.05) is 0 Å². The maximum Gasteiger partial charge on any atom is 0.266 e. The molecule has 31 heavy (non-hydrogen) atoms. The number of hydrogen-bond donors (Lipinski definition) is 2. The average Bonchev–Trinajstić information content (AvgIpc) is 3.18. The van der Waals surface area contributed by atoms with Crippen molar-refractivity contribution >= 4 is 16.8 Å². The van der Waals surface area contributed by atoms with Gasteiger partial charge in [-0.25, -0.2) is 0 Å². The maximum absolute atomic E-state index is 13.7. The SMILES string of the molecule is CCCCCc1cc(O)c(C2C=C(C)CCC2)c(O)c1C(=O)n1ccc2ccccc21. The number of fused-ring (bicyclic) bond motifs is 1. The molecule has 162 valence electrons. The Kier molecular flexibility index (Phi) is 6.17. The standard InChI is InChI=1S/C27H31NO3/c1-3-4-5-11-21-17-23(29)24(20-12-8-9-18(2)16-20)26(30)25(21)27(31)28-15-14-19-10-6-7-13-22(19)28/h6-7,10,13-17,20,29-30H,3-5,8-9,11-12H2,1-2H3. The number of nitrogens with zero attached hydrogens (tertiary/aromatic N) is 1. The molecular formula is C27H31NO3. The minimum Gasteiger partial charge on any atom is -0.507 e. The van der Waals surface area contributed by atoms with Gasteiger partial charge >= 0.3 is 0 Å². The van der Waals surface area contributed by atoms with E-state index in [1.54, 1.807) is 16.8 Å². The van der Waals surface area contributed by atoms with E-state index in [2.05, 4.69) is 19.9 Å². The Morgan fingerprint density at radius 2 is 1.97 bits per heavy atom. The zero-order valence-corrected chi connectivity index (χ0v) is 18.4. The summed E-state index contributed by atoms with van der Waals surface area (Å²) in [7, 11) is 0. The average molecular weight is 418 g/mol. The summed E-state index contributed by atoms with van der Waals surface area (Å²) in [5, 5.41) is 23.2. The van der Waals surface area contributed by atoms with Crippen LogP contribution in [0.5, 0.6) is 11.5 Å². The van der Waals surface area contributed by atoms with E-state index >= 15 is 0 Å². The molecular weight excluding hydrogens is 386 g/mol. The van der Waals surface area contributed by atoms with Gasteiger partial charge in [-0.3, -0.25) is 9.36 Å². The molecule has 2 aromatic carbocycles. The van der Waals surface area contributed by atoms with Gasteiger partial charge in [0.15, 0.2) is 0 Å². The van der Waals surface area contributed by atoms with Gasteiger partial charge in [0, 0.05) is 23.1 Å². The number of aromatic hydroxyl groups is 2. The molecule has 0 saturated carbocycles. The van der Waals surface area contributed by atoms with E-state index < -0.39 is 0 Å². The quantitative estimate of drug-likeness (QED) is 0.347. The number of para-hydroxylation sites is 1. The molecule has 1 heterocycles. The van der Waals surface area contributed by atoms with Gasteiger partial charge < -0.3 is 10.2 Å². The van der Waals surface area contributed by atoms with Crippen LogP contribution in [0.25, 0.3) is 10.9 Å². The van der Waals surface area contributed by atoms with E-state index in [0.717, 1.165) is 49.4 Å². The number of unbranched alkanes of at least 4 members (excludes halogenated alkanes) is 2. The molecule has 0 radical (unpaired) electrons. The predicted octanol–water partition coefficient (Wildman–Crippen LogP) is 6.69. The van der Waals surface area contributed by atoms with Crippen molar-refractivity contribution in [3.8, 4) is 11.5 Å². The van der Waals surface area contributed by atoms with Crippen LogP contribution in [0.1, 0.15) is 79.8 Å². The Bertz CT molecular complexity index is 1140. The second-order valence-corrected chi connectivity index (χ2v) is 8.71. The Morgan fingerprint density at radius 1 is 1.16 bits per heavy atom. The fourth-order valence-corrected chi connectivity index (χ4v) is 4.81. The van der Waals surface area contributed by atoms with E-state index in [1.807, 2.05) is 30.3 Å². The summed E-state index contributed by atoms with van der Waals surface area (Å²) in [6, 6.07) is 11.4. The lowest BCUT2D eigenvalue weighted by atomic mass is 9.83. The highest BCUT2D eigenvalue weighted by atomic mass is 16.3. The lowest BCUT2D eigenvalue weighted by molar-refractivity contribution is 0.0961. The first-order valence-corrected chi connectivity index (χ1v) is 11.4. The Labute approximate surface area is 183 Å². The van der Waals surface area contributed by atoms with Gasteiger partial charge in [0.1, 0.15) is 11.5 Å². The van der Waals surface area contributed by atoms with Crippen molar-refractivity contribution in [2.24, 2.45) is 0 Å². The van der Waals surface area contributed by atoms with Crippen LogP contribution < -0.4 is 0 Å². The van der Waals surface area contributed by atoms with E-state index in [-0.39, 0.29) is 23.3 Å². The first-order valence-electron chi connectivity index (χ1n) is 11.4. The Balaban J connectivity index is 1.86. The second kappa shape index (κ2) is 9.01. The fourth-order valence-electron chi connectivity index (χ4n) is 4.81. The van der Waals surface area contributed by atoms with Crippen LogP contribution in [0, 0.1) is 0 Å². The zero-order valence-electron chi connectivity index (χ0n) is 18.4. The molecule has 0 aliphatic heterocycles. The van der Waals surface area contributed by atoms with Crippen LogP contribution in [0.3, 0.4) is 0 Å². The highest BCUT2D eigenvalue weighted by Crippen LogP contribution is 2.44. The number of rotatable bonds is 6. The highest BCUT2D eigenvalue weighted by Gasteiger charge is 2.28. The third kappa shape index (κ3) is 4.12. The van der Waals surface area contributed by atoms with Gasteiger partial charge in [0.25, 0.3) is 5.91 Å². The molecule has 0 spiro atoms. The number of hydrogen-bond acceptors (Lipinski definition) is 3. The maximum atomic E-state index is 13.7. The molecule has 0 fully saturated rings. The summed E-state index contributed by atoms with van der Waals surface area (Å²) in [5.41, 5.74) is 3.59. The minimum atomic E-state index is -0.247. The molecule has 4 rings (SSSR count). The van der Waals surface area contributed by atoms with Crippen LogP contribution in [0.2, 0.25) is 0 Å². The highest BCUT2D eigenvalue weighted by molar-refractivity contribution is 6.05. The van der Waals surface area contributed by atoms with E-state index in [9.17, 15) is 15.0 Å². The van der Waals surface area contributed by atoms with E-state index in [0.29, 0.717) is 23.1 Å². The minimum absolute atomic E-state index is 0.0646. The van der Waals surface area contributed by atoms with Crippen molar-refractivity contribution in [1.29, 1.82) is 0 Å². The number of aryl methyl sites for hydroxylation is 1. The second-order valence-electron chi connectivity index (χ2n) is 8.71. The van der Waals surface area contributed by atoms with Gasteiger partial charge in [0.2, 0.25) is 0 Å². The third-order valence-corrected chi connectivity index (χ3v) is 6.42. The number of carbonyl (C=O) groups excluding carboxylic acids is 1. The van der Waals surface area contributed by atoms with Gasteiger partial charge in [-0.1, -0.05) is 49.6 Å². The van der Waals surface area contributed by atoms with Crippen LogP contribution in [0.4, 0.5) is 0 Å². The normalized spacial score (nSPS) is 16.5. The number of aromatic nitrogens is 1. The van der Waals surface area contributed by atoms with Crippen LogP contribution in [0.15, 0.2) is 54.2 Å². The number of benzene rings is 2. The van der Waals surface area contributed by atoms with E-state index in [4.69, 9.17) is 0 Å². The van der Waals surface area contributed by atoms with Crippen molar-refractivity contribution < 1.29 is 15.0 Å². The number of phenols is 2. The third-order valence-electron chi connectivity index (χ3n) is 6.42. The molecule has 1 aliphatic carbocycles. The number of allylic oxidation sites excluding steroid dienone is 2. The molecule has 0 saturated heterocycles. The monoisotopic (exact) mass is 417 g/mol. The van der Waals surface area contributed by atoms with Crippen molar-refractivity contribution in [1.82, 2.24) is 4.57 Å². The van der Waals surface area contributed by atoms with Gasteiger partial charge in [-0.15, -0.1) is 0 Å². The summed E-state index contributed by atoms with van der Waals surface area (Å²) in [6.45, 7) is 4.21. The molecule has 3 aromatic rings. The van der Waals surface area contributed by atoms with Gasteiger partial charge in [-0.2, -0.15) is 0 Å².